The Hall–Kier alpha value is -1.69. The molecule has 0 saturated carbocycles. The lowest BCUT2D eigenvalue weighted by atomic mass is 10.2. The van der Waals surface area contributed by atoms with E-state index in [1.54, 1.807) is 6.07 Å². The van der Waals surface area contributed by atoms with Crippen LogP contribution in [0, 0.1) is 5.82 Å². The van der Waals surface area contributed by atoms with Gasteiger partial charge in [0.25, 0.3) is 5.91 Å². The van der Waals surface area contributed by atoms with Crippen molar-refractivity contribution < 1.29 is 9.18 Å². The Morgan fingerprint density at radius 2 is 1.95 bits per heavy atom. The monoisotopic (exact) mass is 313 g/mol. The average Bonchev–Trinajstić information content (AvgIpc) is 2.42. The summed E-state index contributed by atoms with van der Waals surface area (Å²) in [5, 5.41) is 2.58. The summed E-state index contributed by atoms with van der Waals surface area (Å²) in [4.78, 5) is 16.1. The molecule has 0 bridgehead atoms. The van der Waals surface area contributed by atoms with Crippen LogP contribution in [0.3, 0.4) is 0 Å². The van der Waals surface area contributed by atoms with Gasteiger partial charge in [-0.2, -0.15) is 0 Å². The van der Waals surface area contributed by atoms with Gasteiger partial charge in [-0.1, -0.05) is 23.2 Å². The second-order valence-electron chi connectivity index (χ2n) is 3.94. The fourth-order valence-electron chi connectivity index (χ4n) is 1.58. The molecule has 4 nitrogen and oxygen atoms in total. The molecular formula is C13H10Cl2FN3O. The van der Waals surface area contributed by atoms with Crippen LogP contribution in [0.5, 0.6) is 0 Å². The Kier molecular flexibility index (Phi) is 4.54. The lowest BCUT2D eigenvalue weighted by Crippen LogP contribution is -2.14. The molecule has 0 saturated heterocycles. The van der Waals surface area contributed by atoms with Crippen molar-refractivity contribution in [2.24, 2.45) is 5.73 Å². The number of nitrogens with two attached hydrogens (primary N) is 1. The van der Waals surface area contributed by atoms with Crippen molar-refractivity contribution in [2.75, 3.05) is 5.32 Å². The number of hydrogen-bond donors (Lipinski definition) is 2. The molecule has 1 aromatic carbocycles. The van der Waals surface area contributed by atoms with E-state index < -0.39 is 11.7 Å². The molecule has 104 valence electrons. The number of halogens is 3. The van der Waals surface area contributed by atoms with Crippen molar-refractivity contribution in [3.05, 3.63) is 57.6 Å². The summed E-state index contributed by atoms with van der Waals surface area (Å²) in [6.45, 7) is 0.221. The first-order valence-electron chi connectivity index (χ1n) is 5.62. The van der Waals surface area contributed by atoms with Gasteiger partial charge in [0.15, 0.2) is 0 Å². The first-order valence-corrected chi connectivity index (χ1v) is 6.37. The van der Waals surface area contributed by atoms with Crippen LogP contribution in [0.4, 0.5) is 10.1 Å². The highest BCUT2D eigenvalue weighted by Crippen LogP contribution is 2.31. The zero-order chi connectivity index (χ0) is 14.7. The summed E-state index contributed by atoms with van der Waals surface area (Å²) in [7, 11) is 0. The van der Waals surface area contributed by atoms with Crippen molar-refractivity contribution in [1.29, 1.82) is 0 Å². The third-order valence-electron chi connectivity index (χ3n) is 2.53. The molecule has 20 heavy (non-hydrogen) atoms. The third-order valence-corrected chi connectivity index (χ3v) is 3.13. The summed E-state index contributed by atoms with van der Waals surface area (Å²) in [5.41, 5.74) is 6.55. The molecule has 0 aliphatic carbocycles. The Labute approximate surface area is 124 Å². The van der Waals surface area contributed by atoms with E-state index in [0.717, 1.165) is 12.1 Å². The molecule has 2 rings (SSSR count). The van der Waals surface area contributed by atoms with Gasteiger partial charge >= 0.3 is 0 Å². The molecule has 0 spiro atoms. The van der Waals surface area contributed by atoms with Gasteiger partial charge in [-0.15, -0.1) is 0 Å². The summed E-state index contributed by atoms with van der Waals surface area (Å²) in [6.07, 6.45) is 1.48. The normalized spacial score (nSPS) is 10.4. The molecule has 3 N–H and O–H groups in total. The summed E-state index contributed by atoms with van der Waals surface area (Å²) < 4.78 is 13.1. The van der Waals surface area contributed by atoms with Gasteiger partial charge in [-0.3, -0.25) is 9.78 Å². The van der Waals surface area contributed by atoms with E-state index in [4.69, 9.17) is 28.9 Å². The number of benzene rings is 1. The summed E-state index contributed by atoms with van der Waals surface area (Å²) in [5.74, 6) is -1.01. The standard InChI is InChI=1S/C13H10Cl2FN3O/c14-10-4-8(16)5-11(15)12(10)19-13(20)7-1-2-18-9(3-7)6-17/h1-5H,6,17H2,(H,19,20). The Morgan fingerprint density at radius 3 is 2.55 bits per heavy atom. The van der Waals surface area contributed by atoms with Gasteiger partial charge in [0.2, 0.25) is 0 Å². The van der Waals surface area contributed by atoms with Crippen LogP contribution < -0.4 is 11.1 Å². The maximum atomic E-state index is 13.1. The summed E-state index contributed by atoms with van der Waals surface area (Å²) >= 11 is 11.7. The number of pyridine rings is 1. The molecule has 2 aromatic rings. The van der Waals surface area contributed by atoms with E-state index in [1.165, 1.54) is 12.3 Å². The molecule has 7 heteroatoms. The summed E-state index contributed by atoms with van der Waals surface area (Å²) in [6, 6.07) is 5.22. The highest BCUT2D eigenvalue weighted by Gasteiger charge is 2.13. The highest BCUT2D eigenvalue weighted by atomic mass is 35.5. The fourth-order valence-corrected chi connectivity index (χ4v) is 2.13. The van der Waals surface area contributed by atoms with E-state index >= 15 is 0 Å². The lowest BCUT2D eigenvalue weighted by Gasteiger charge is -2.10. The van der Waals surface area contributed by atoms with Crippen LogP contribution >= 0.6 is 23.2 Å². The lowest BCUT2D eigenvalue weighted by molar-refractivity contribution is 0.102. The number of aromatic nitrogens is 1. The minimum Gasteiger partial charge on any atom is -0.325 e. The van der Waals surface area contributed by atoms with E-state index in [9.17, 15) is 9.18 Å². The Bertz CT molecular complexity index is 641. The number of amides is 1. The largest absolute Gasteiger partial charge is 0.325 e. The van der Waals surface area contributed by atoms with Gasteiger partial charge in [-0.05, 0) is 24.3 Å². The van der Waals surface area contributed by atoms with E-state index in [-0.39, 0.29) is 22.3 Å². The topological polar surface area (TPSA) is 68.0 Å². The quantitative estimate of drug-likeness (QED) is 0.914. The van der Waals surface area contributed by atoms with Crippen LogP contribution in [0.2, 0.25) is 10.0 Å². The molecular weight excluding hydrogens is 304 g/mol. The Morgan fingerprint density at radius 1 is 1.30 bits per heavy atom. The van der Waals surface area contributed by atoms with Crippen molar-refractivity contribution in [2.45, 2.75) is 6.54 Å². The van der Waals surface area contributed by atoms with Crippen molar-refractivity contribution >= 4 is 34.8 Å². The third kappa shape index (κ3) is 3.25. The van der Waals surface area contributed by atoms with Crippen molar-refractivity contribution in [1.82, 2.24) is 4.98 Å². The molecule has 1 heterocycles. The zero-order valence-corrected chi connectivity index (χ0v) is 11.7. The number of carbonyl (C=O) groups excluding carboxylic acids is 1. The van der Waals surface area contributed by atoms with E-state index in [0.29, 0.717) is 11.3 Å². The molecule has 1 amide bonds. The Balaban J connectivity index is 2.28. The number of hydrogen-bond acceptors (Lipinski definition) is 3. The van der Waals surface area contributed by atoms with Crippen LogP contribution in [0.1, 0.15) is 16.1 Å². The van der Waals surface area contributed by atoms with E-state index in [2.05, 4.69) is 10.3 Å². The molecule has 0 radical (unpaired) electrons. The second-order valence-corrected chi connectivity index (χ2v) is 4.75. The van der Waals surface area contributed by atoms with Gasteiger partial charge in [0.1, 0.15) is 5.82 Å². The van der Waals surface area contributed by atoms with Crippen molar-refractivity contribution in [3.63, 3.8) is 0 Å². The second kappa shape index (κ2) is 6.17. The van der Waals surface area contributed by atoms with Crippen LogP contribution in [0.25, 0.3) is 0 Å². The predicted octanol–water partition coefficient (Wildman–Crippen LogP) is 3.24. The minimum absolute atomic E-state index is 0.0245. The number of nitrogens with zero attached hydrogens (tertiary/aromatic N) is 1. The van der Waals surface area contributed by atoms with Crippen LogP contribution in [0.15, 0.2) is 30.5 Å². The van der Waals surface area contributed by atoms with E-state index in [1.807, 2.05) is 0 Å². The van der Waals surface area contributed by atoms with Crippen molar-refractivity contribution in [3.8, 4) is 0 Å². The van der Waals surface area contributed by atoms with Gasteiger partial charge in [0, 0.05) is 18.3 Å². The molecule has 1 aromatic heterocycles. The first kappa shape index (κ1) is 14.7. The molecule has 0 aliphatic heterocycles. The molecule has 0 unspecified atom stereocenters. The highest BCUT2D eigenvalue weighted by molar-refractivity contribution is 6.40. The molecule has 0 atom stereocenters. The maximum Gasteiger partial charge on any atom is 0.255 e. The minimum atomic E-state index is -0.577. The molecule has 0 aliphatic rings. The maximum absolute atomic E-state index is 13.1. The fraction of sp³-hybridized carbons (Fsp3) is 0.0769. The van der Waals surface area contributed by atoms with Crippen LogP contribution in [-0.2, 0) is 6.54 Å². The number of rotatable bonds is 3. The average molecular weight is 314 g/mol. The number of carbonyl (C=O) groups is 1. The smallest absolute Gasteiger partial charge is 0.255 e. The van der Waals surface area contributed by atoms with Gasteiger partial charge < -0.3 is 11.1 Å². The zero-order valence-electron chi connectivity index (χ0n) is 10.2. The predicted molar refractivity (Wildman–Crippen MR) is 76.5 cm³/mol. The van der Waals surface area contributed by atoms with Gasteiger partial charge in [0.05, 0.1) is 21.4 Å². The SMILES string of the molecule is NCc1cc(C(=O)Nc2c(Cl)cc(F)cc2Cl)ccn1. The number of nitrogens with one attached hydrogen (secondary N) is 1. The number of anilines is 1. The van der Waals surface area contributed by atoms with Gasteiger partial charge in [-0.25, -0.2) is 4.39 Å². The first-order chi connectivity index (χ1) is 9.51. The van der Waals surface area contributed by atoms with Crippen LogP contribution in [-0.4, -0.2) is 10.9 Å². The molecule has 0 fully saturated rings.